The van der Waals surface area contributed by atoms with Crippen LogP contribution < -0.4 is 4.90 Å². The Balaban J connectivity index is 1.56. The van der Waals surface area contributed by atoms with Crippen molar-refractivity contribution in [3.05, 3.63) is 60.2 Å². The lowest BCUT2D eigenvalue weighted by molar-refractivity contribution is -0.142. The van der Waals surface area contributed by atoms with Crippen LogP contribution in [0.4, 0.5) is 5.69 Å². The summed E-state index contributed by atoms with van der Waals surface area (Å²) < 4.78 is 7.18. The van der Waals surface area contributed by atoms with Gasteiger partial charge in [0.2, 0.25) is 5.91 Å². The number of carbonyl (C=O) groups excluding carboxylic acids is 2. The number of esters is 1. The van der Waals surface area contributed by atoms with Crippen molar-refractivity contribution >= 4 is 29.3 Å². The summed E-state index contributed by atoms with van der Waals surface area (Å²) in [4.78, 5) is 26.7. The number of rotatable bonds is 7. The summed E-state index contributed by atoms with van der Waals surface area (Å²) in [6.07, 6.45) is 0.856. The maximum absolute atomic E-state index is 13.1. The van der Waals surface area contributed by atoms with Crippen molar-refractivity contribution in [1.82, 2.24) is 14.8 Å². The zero-order valence-corrected chi connectivity index (χ0v) is 19.3. The Morgan fingerprint density at radius 2 is 1.81 bits per heavy atom. The first-order chi connectivity index (χ1) is 15.4. The maximum atomic E-state index is 13.1. The van der Waals surface area contributed by atoms with Crippen molar-refractivity contribution in [2.24, 2.45) is 0 Å². The first kappa shape index (κ1) is 22.1. The topological polar surface area (TPSA) is 77.3 Å². The van der Waals surface area contributed by atoms with Gasteiger partial charge in [-0.05, 0) is 44.9 Å². The second kappa shape index (κ2) is 9.16. The van der Waals surface area contributed by atoms with Gasteiger partial charge in [-0.15, -0.1) is 10.2 Å². The first-order valence-corrected chi connectivity index (χ1v) is 11.6. The molecule has 2 aromatic carbocycles. The van der Waals surface area contributed by atoms with E-state index in [2.05, 4.69) is 40.7 Å². The van der Waals surface area contributed by atoms with E-state index >= 15 is 0 Å². The standard InChI is InChI=1S/C24H26N4O3S/c1-4-31-21(30)15-27(18-11-6-5-7-12-18)20(29)16-32-23-26-25-22-19-13-9-8-10-17(19)14-24(2,3)28(22)23/h5-13H,4,14-16H2,1-3H3. The number of ether oxygens (including phenoxy) is 1. The quantitative estimate of drug-likeness (QED) is 0.401. The zero-order chi connectivity index (χ0) is 22.7. The van der Waals surface area contributed by atoms with Gasteiger partial charge < -0.3 is 9.64 Å². The van der Waals surface area contributed by atoms with Crippen LogP contribution in [0.1, 0.15) is 26.3 Å². The van der Waals surface area contributed by atoms with Crippen molar-refractivity contribution in [3.8, 4) is 11.4 Å². The molecule has 1 aromatic heterocycles. The summed E-state index contributed by atoms with van der Waals surface area (Å²) in [7, 11) is 0. The Hall–Kier alpha value is -3.13. The fourth-order valence-corrected chi connectivity index (χ4v) is 4.96. The number of benzene rings is 2. The van der Waals surface area contributed by atoms with Gasteiger partial charge in [0.05, 0.1) is 12.4 Å². The molecule has 1 amide bonds. The van der Waals surface area contributed by atoms with Gasteiger partial charge in [0.1, 0.15) is 6.54 Å². The van der Waals surface area contributed by atoms with Crippen LogP contribution in [0.25, 0.3) is 11.4 Å². The van der Waals surface area contributed by atoms with Crippen LogP contribution in [-0.4, -0.2) is 45.5 Å². The molecule has 0 radical (unpaired) electrons. The average molecular weight is 451 g/mol. The molecule has 0 fully saturated rings. The molecule has 0 bridgehead atoms. The molecule has 7 nitrogen and oxygen atoms in total. The number of anilines is 1. The molecule has 0 saturated heterocycles. The molecule has 32 heavy (non-hydrogen) atoms. The third-order valence-electron chi connectivity index (χ3n) is 5.41. The molecule has 4 rings (SSSR count). The second-order valence-electron chi connectivity index (χ2n) is 8.20. The Morgan fingerprint density at radius 3 is 2.56 bits per heavy atom. The highest BCUT2D eigenvalue weighted by atomic mass is 32.2. The van der Waals surface area contributed by atoms with E-state index < -0.39 is 5.97 Å². The zero-order valence-electron chi connectivity index (χ0n) is 18.4. The van der Waals surface area contributed by atoms with Crippen LogP contribution in [-0.2, 0) is 26.3 Å². The number of para-hydroxylation sites is 1. The van der Waals surface area contributed by atoms with E-state index in [1.165, 1.54) is 22.2 Å². The number of hydrogen-bond donors (Lipinski definition) is 0. The van der Waals surface area contributed by atoms with Gasteiger partial charge in [0, 0.05) is 16.8 Å². The fourth-order valence-electron chi connectivity index (χ4n) is 3.99. The highest BCUT2D eigenvalue weighted by Gasteiger charge is 2.34. The lowest BCUT2D eigenvalue weighted by Crippen LogP contribution is -2.38. The van der Waals surface area contributed by atoms with Gasteiger partial charge >= 0.3 is 5.97 Å². The lowest BCUT2D eigenvalue weighted by Gasteiger charge is -2.34. The number of fused-ring (bicyclic) bond motifs is 3. The number of hydrogen-bond acceptors (Lipinski definition) is 6. The molecule has 1 aliphatic rings. The highest BCUT2D eigenvalue weighted by molar-refractivity contribution is 7.99. The Labute approximate surface area is 191 Å². The second-order valence-corrected chi connectivity index (χ2v) is 9.14. The number of aromatic nitrogens is 3. The third kappa shape index (κ3) is 4.41. The largest absolute Gasteiger partial charge is 0.465 e. The van der Waals surface area contributed by atoms with Gasteiger partial charge in [-0.3, -0.25) is 14.2 Å². The van der Waals surface area contributed by atoms with E-state index in [4.69, 9.17) is 4.74 Å². The van der Waals surface area contributed by atoms with Crippen LogP contribution in [0.2, 0.25) is 0 Å². The summed E-state index contributed by atoms with van der Waals surface area (Å²) in [5.74, 6) is 0.315. The smallest absolute Gasteiger partial charge is 0.326 e. The molecular weight excluding hydrogens is 424 g/mol. The van der Waals surface area contributed by atoms with E-state index in [0.717, 1.165) is 17.8 Å². The Kier molecular flexibility index (Phi) is 6.32. The number of thioether (sulfide) groups is 1. The summed E-state index contributed by atoms with van der Waals surface area (Å²) in [5, 5.41) is 9.53. The predicted octanol–water partition coefficient (Wildman–Crippen LogP) is 3.92. The van der Waals surface area contributed by atoms with Gasteiger partial charge in [-0.1, -0.05) is 54.2 Å². The summed E-state index contributed by atoms with van der Waals surface area (Å²) in [6.45, 7) is 6.19. The molecule has 0 atom stereocenters. The number of amides is 1. The minimum Gasteiger partial charge on any atom is -0.465 e. The minimum atomic E-state index is -0.438. The molecule has 0 aliphatic carbocycles. The SMILES string of the molecule is CCOC(=O)CN(C(=O)CSc1nnc2n1C(C)(C)Cc1ccccc1-2)c1ccccc1. The summed E-state index contributed by atoms with van der Waals surface area (Å²) >= 11 is 1.34. The number of nitrogens with zero attached hydrogens (tertiary/aromatic N) is 4. The van der Waals surface area contributed by atoms with Crippen molar-refractivity contribution in [2.45, 2.75) is 37.9 Å². The Bertz CT molecular complexity index is 1130. The molecule has 0 N–H and O–H groups in total. The fraction of sp³-hybridized carbons (Fsp3) is 0.333. The van der Waals surface area contributed by atoms with Crippen molar-refractivity contribution in [2.75, 3.05) is 23.8 Å². The third-order valence-corrected chi connectivity index (χ3v) is 6.32. The molecule has 2 heterocycles. The lowest BCUT2D eigenvalue weighted by atomic mass is 9.87. The molecular formula is C24H26N4O3S. The van der Waals surface area contributed by atoms with Gasteiger partial charge in [-0.25, -0.2) is 0 Å². The van der Waals surface area contributed by atoms with Gasteiger partial charge in [0.25, 0.3) is 0 Å². The molecule has 0 spiro atoms. The van der Waals surface area contributed by atoms with E-state index in [-0.39, 0.29) is 30.4 Å². The van der Waals surface area contributed by atoms with E-state index in [1.807, 2.05) is 30.3 Å². The van der Waals surface area contributed by atoms with E-state index in [1.54, 1.807) is 19.1 Å². The van der Waals surface area contributed by atoms with Crippen molar-refractivity contribution in [3.63, 3.8) is 0 Å². The summed E-state index contributed by atoms with van der Waals surface area (Å²) in [5.41, 5.74) is 2.76. The molecule has 166 valence electrons. The van der Waals surface area contributed by atoms with Crippen LogP contribution in [0.5, 0.6) is 0 Å². The predicted molar refractivity (Wildman–Crippen MR) is 125 cm³/mol. The van der Waals surface area contributed by atoms with E-state index in [9.17, 15) is 9.59 Å². The molecule has 3 aromatic rings. The average Bonchev–Trinajstić information content (AvgIpc) is 3.22. The molecule has 0 unspecified atom stereocenters. The van der Waals surface area contributed by atoms with Crippen LogP contribution >= 0.6 is 11.8 Å². The van der Waals surface area contributed by atoms with Crippen LogP contribution in [0.15, 0.2) is 59.8 Å². The highest BCUT2D eigenvalue weighted by Crippen LogP contribution is 2.39. The normalized spacial score (nSPS) is 13.7. The first-order valence-electron chi connectivity index (χ1n) is 10.6. The van der Waals surface area contributed by atoms with Crippen LogP contribution in [0.3, 0.4) is 0 Å². The van der Waals surface area contributed by atoms with E-state index in [0.29, 0.717) is 10.8 Å². The minimum absolute atomic E-state index is 0.129. The maximum Gasteiger partial charge on any atom is 0.326 e. The molecule has 0 saturated carbocycles. The monoisotopic (exact) mass is 450 g/mol. The van der Waals surface area contributed by atoms with Crippen molar-refractivity contribution in [1.29, 1.82) is 0 Å². The van der Waals surface area contributed by atoms with Gasteiger partial charge in [-0.2, -0.15) is 0 Å². The van der Waals surface area contributed by atoms with Crippen LogP contribution in [0, 0.1) is 0 Å². The molecule has 8 heteroatoms. The van der Waals surface area contributed by atoms with Gasteiger partial charge in [0.15, 0.2) is 11.0 Å². The summed E-state index contributed by atoms with van der Waals surface area (Å²) in [6, 6.07) is 17.4. The Morgan fingerprint density at radius 1 is 1.09 bits per heavy atom. The number of carbonyl (C=O) groups is 2. The molecule has 1 aliphatic heterocycles. The van der Waals surface area contributed by atoms with Crippen molar-refractivity contribution < 1.29 is 14.3 Å².